The van der Waals surface area contributed by atoms with Crippen molar-refractivity contribution in [2.45, 2.75) is 25.7 Å². The van der Waals surface area contributed by atoms with E-state index in [1.165, 1.54) is 25.0 Å². The number of phenolic OH excluding ortho intramolecular Hbond substituents is 2. The number of azo groups is 2. The molecule has 13 nitrogen and oxygen atoms in total. The maximum absolute atomic E-state index is 13.1. The van der Waals surface area contributed by atoms with Crippen LogP contribution in [-0.2, 0) is 14.6 Å². The zero-order valence-electron chi connectivity index (χ0n) is 25.8. The average molecular weight is 645 g/mol. The first-order valence-electron chi connectivity index (χ1n) is 14.0. The third-order valence-corrected chi connectivity index (χ3v) is 8.96. The van der Waals surface area contributed by atoms with E-state index in [-0.39, 0.29) is 51.4 Å². The molecule has 0 spiro atoms. The highest BCUT2D eigenvalue weighted by Crippen LogP contribution is 2.42. The normalized spacial score (nSPS) is 12.1. The Balaban J connectivity index is 1.47. The van der Waals surface area contributed by atoms with Gasteiger partial charge in [-0.05, 0) is 62.1 Å². The molecular weight excluding hydrogens is 612 g/mol. The van der Waals surface area contributed by atoms with Crippen LogP contribution in [0, 0.1) is 20.8 Å². The van der Waals surface area contributed by atoms with Crippen molar-refractivity contribution in [3.63, 3.8) is 0 Å². The number of aromatic amines is 1. The lowest BCUT2D eigenvalue weighted by Gasteiger charge is -2.11. The minimum absolute atomic E-state index is 0.0272. The Kier molecular flexibility index (Phi) is 9.03. The lowest BCUT2D eigenvalue weighted by atomic mass is 10.0. The molecule has 0 radical (unpaired) electrons. The molecule has 0 saturated heterocycles. The molecule has 14 heteroatoms. The van der Waals surface area contributed by atoms with Gasteiger partial charge < -0.3 is 19.7 Å². The Hall–Kier alpha value is -5.34. The van der Waals surface area contributed by atoms with Gasteiger partial charge in [0.05, 0.1) is 36.5 Å². The predicted molar refractivity (Wildman–Crippen MR) is 173 cm³/mol. The molecule has 4 aromatic carbocycles. The lowest BCUT2D eigenvalue weighted by Crippen LogP contribution is -2.13. The molecule has 0 fully saturated rings. The third kappa shape index (κ3) is 6.39. The van der Waals surface area contributed by atoms with Crippen molar-refractivity contribution in [2.75, 3.05) is 26.6 Å². The molecule has 1 heterocycles. The molecule has 3 N–H and O–H groups in total. The van der Waals surface area contributed by atoms with E-state index in [4.69, 9.17) is 9.47 Å². The molecule has 1 aromatic heterocycles. The summed E-state index contributed by atoms with van der Waals surface area (Å²) in [7, 11) is -1.13. The van der Waals surface area contributed by atoms with Crippen molar-refractivity contribution in [3.05, 3.63) is 87.8 Å². The Labute approximate surface area is 264 Å². The van der Waals surface area contributed by atoms with Gasteiger partial charge in [0, 0.05) is 24.6 Å². The van der Waals surface area contributed by atoms with Crippen LogP contribution < -0.4 is 10.3 Å². The molecule has 0 bridgehead atoms. The van der Waals surface area contributed by atoms with E-state index in [0.29, 0.717) is 33.4 Å². The number of ether oxygens (including phenoxy) is 2. The number of hydrogen-bond acceptors (Lipinski definition) is 11. The van der Waals surface area contributed by atoms with Gasteiger partial charge in [-0.15, -0.1) is 15.3 Å². The van der Waals surface area contributed by atoms with E-state index in [1.807, 2.05) is 31.2 Å². The first-order chi connectivity index (χ1) is 21.9. The van der Waals surface area contributed by atoms with E-state index in [1.54, 1.807) is 38.1 Å². The molecule has 0 aliphatic carbocycles. The van der Waals surface area contributed by atoms with Crippen molar-refractivity contribution in [3.8, 4) is 22.9 Å². The standard InChI is InChI=1S/C32H32N6O7S/c1-18-6-10-23(11-7-18)38-32(41)30(20(3)37-38)36-33-22-9-8-21-14-19(2)29(31(40)24(21)15-22)35-34-25-16-27(45-5)28(17-26(25)39)46(42,43)13-12-44-4/h6-11,14-17,37,39-40H,12-13H2,1-5H3. The van der Waals surface area contributed by atoms with E-state index < -0.39 is 15.6 Å². The number of H-pyrrole nitrogens is 1. The predicted octanol–water partition coefficient (Wildman–Crippen LogP) is 6.91. The van der Waals surface area contributed by atoms with Gasteiger partial charge >= 0.3 is 0 Å². The average Bonchev–Trinajstić information content (AvgIpc) is 3.32. The summed E-state index contributed by atoms with van der Waals surface area (Å²) in [6.45, 7) is 5.40. The number of nitrogens with zero attached hydrogens (tertiary/aromatic N) is 5. The van der Waals surface area contributed by atoms with Crippen LogP contribution in [0.4, 0.5) is 22.7 Å². The van der Waals surface area contributed by atoms with Crippen LogP contribution in [0.15, 0.2) is 90.8 Å². The van der Waals surface area contributed by atoms with Gasteiger partial charge in [-0.25, -0.2) is 13.1 Å². The van der Waals surface area contributed by atoms with Crippen molar-refractivity contribution in [1.29, 1.82) is 0 Å². The zero-order chi connectivity index (χ0) is 33.2. The van der Waals surface area contributed by atoms with Gasteiger partial charge in [0.1, 0.15) is 27.8 Å². The number of aromatic nitrogens is 2. The minimum atomic E-state index is -3.81. The van der Waals surface area contributed by atoms with Crippen LogP contribution in [0.5, 0.6) is 17.2 Å². The van der Waals surface area contributed by atoms with Gasteiger partial charge in [-0.3, -0.25) is 9.89 Å². The summed E-state index contributed by atoms with van der Waals surface area (Å²) in [6, 6.07) is 16.6. The highest BCUT2D eigenvalue weighted by Gasteiger charge is 2.22. The molecule has 0 aliphatic rings. The topological polar surface area (TPSA) is 180 Å². The highest BCUT2D eigenvalue weighted by molar-refractivity contribution is 7.91. The minimum Gasteiger partial charge on any atom is -0.506 e. The Morgan fingerprint density at radius 2 is 1.59 bits per heavy atom. The van der Waals surface area contributed by atoms with Gasteiger partial charge in [0.25, 0.3) is 5.56 Å². The summed E-state index contributed by atoms with van der Waals surface area (Å²) >= 11 is 0. The van der Waals surface area contributed by atoms with Gasteiger partial charge in [0.15, 0.2) is 21.3 Å². The molecule has 0 amide bonds. The first-order valence-corrected chi connectivity index (χ1v) is 15.7. The SMILES string of the molecule is COCCS(=O)(=O)c1cc(O)c(N=Nc2c(C)cc3ccc(N=Nc4c(C)[nH]n(-c5ccc(C)cc5)c4=O)cc3c2O)cc1OC. The Morgan fingerprint density at radius 3 is 2.28 bits per heavy atom. The second kappa shape index (κ2) is 12.9. The van der Waals surface area contributed by atoms with Crippen LogP contribution in [0.25, 0.3) is 16.5 Å². The maximum atomic E-state index is 13.1. The molecule has 5 rings (SSSR count). The lowest BCUT2D eigenvalue weighted by molar-refractivity contribution is 0.217. The number of aryl methyl sites for hydroxylation is 3. The monoisotopic (exact) mass is 644 g/mol. The number of fused-ring (bicyclic) bond motifs is 1. The van der Waals surface area contributed by atoms with Crippen molar-refractivity contribution in [1.82, 2.24) is 9.78 Å². The van der Waals surface area contributed by atoms with Gasteiger partial charge in [-0.2, -0.15) is 5.11 Å². The number of hydrogen-bond donors (Lipinski definition) is 3. The van der Waals surface area contributed by atoms with Crippen LogP contribution >= 0.6 is 0 Å². The summed E-state index contributed by atoms with van der Waals surface area (Å²) in [5, 5.41) is 42.6. The Morgan fingerprint density at radius 1 is 0.870 bits per heavy atom. The smallest absolute Gasteiger partial charge is 0.299 e. The molecule has 238 valence electrons. The van der Waals surface area contributed by atoms with E-state index in [2.05, 4.69) is 25.6 Å². The zero-order valence-corrected chi connectivity index (χ0v) is 26.6. The summed E-state index contributed by atoms with van der Waals surface area (Å²) in [5.41, 5.74) is 3.10. The largest absolute Gasteiger partial charge is 0.506 e. The number of methoxy groups -OCH3 is 2. The summed E-state index contributed by atoms with van der Waals surface area (Å²) in [6.07, 6.45) is 0. The second-order valence-corrected chi connectivity index (χ2v) is 12.6. The summed E-state index contributed by atoms with van der Waals surface area (Å²) < 4.78 is 36.9. The molecule has 46 heavy (non-hydrogen) atoms. The van der Waals surface area contributed by atoms with Gasteiger partial charge in [0.2, 0.25) is 0 Å². The highest BCUT2D eigenvalue weighted by atomic mass is 32.2. The molecule has 0 unspecified atom stereocenters. The maximum Gasteiger partial charge on any atom is 0.299 e. The van der Waals surface area contributed by atoms with Crippen molar-refractivity contribution in [2.24, 2.45) is 20.5 Å². The summed E-state index contributed by atoms with van der Waals surface area (Å²) in [4.78, 5) is 12.9. The summed E-state index contributed by atoms with van der Waals surface area (Å²) in [5.74, 6) is -0.967. The fraction of sp³-hybridized carbons (Fsp3) is 0.219. The molecular formula is C32H32N6O7S. The van der Waals surface area contributed by atoms with Crippen molar-refractivity contribution < 1.29 is 28.1 Å². The van der Waals surface area contributed by atoms with Crippen LogP contribution in [-0.4, -0.2) is 55.0 Å². The molecule has 0 aliphatic heterocycles. The fourth-order valence-electron chi connectivity index (χ4n) is 4.75. The number of nitrogens with one attached hydrogen (secondary N) is 1. The molecule has 0 atom stereocenters. The van der Waals surface area contributed by atoms with Crippen LogP contribution in [0.2, 0.25) is 0 Å². The molecule has 0 saturated carbocycles. The number of benzene rings is 4. The number of rotatable bonds is 10. The fourth-order valence-corrected chi connectivity index (χ4v) is 6.09. The van der Waals surface area contributed by atoms with Gasteiger partial charge in [-0.1, -0.05) is 23.8 Å². The quantitative estimate of drug-likeness (QED) is 0.138. The van der Waals surface area contributed by atoms with E-state index >= 15 is 0 Å². The second-order valence-electron chi connectivity index (χ2n) is 10.6. The third-order valence-electron chi connectivity index (χ3n) is 7.27. The number of aromatic hydroxyl groups is 2. The number of phenols is 2. The van der Waals surface area contributed by atoms with Crippen LogP contribution in [0.1, 0.15) is 16.8 Å². The first kappa shape index (κ1) is 32.1. The van der Waals surface area contributed by atoms with E-state index in [0.717, 1.165) is 11.6 Å². The Bertz CT molecular complexity index is 2170. The van der Waals surface area contributed by atoms with E-state index in [9.17, 15) is 23.4 Å². The van der Waals surface area contributed by atoms with Crippen molar-refractivity contribution >= 4 is 43.4 Å². The molecule has 5 aromatic rings. The number of sulfone groups is 1. The van der Waals surface area contributed by atoms with Crippen LogP contribution in [0.3, 0.4) is 0 Å².